The van der Waals surface area contributed by atoms with Gasteiger partial charge in [-0.15, -0.1) is 0 Å². The molecule has 0 saturated carbocycles. The average molecular weight is 361 g/mol. The minimum atomic E-state index is -0.763. The Kier molecular flexibility index (Phi) is 9.40. The monoisotopic (exact) mass is 360 g/mol. The highest BCUT2D eigenvalue weighted by Crippen LogP contribution is 2.14. The second-order valence-electron chi connectivity index (χ2n) is 7.35. The van der Waals surface area contributed by atoms with Crippen LogP contribution >= 0.6 is 11.8 Å². The summed E-state index contributed by atoms with van der Waals surface area (Å²) < 4.78 is 5.21. The van der Waals surface area contributed by atoms with E-state index in [0.717, 1.165) is 0 Å². The van der Waals surface area contributed by atoms with Crippen LogP contribution in [0, 0.1) is 11.8 Å². The normalized spacial score (nSPS) is 14.2. The van der Waals surface area contributed by atoms with Crippen LogP contribution in [0.1, 0.15) is 55.4 Å². The molecule has 0 heterocycles. The van der Waals surface area contributed by atoms with E-state index in [1.165, 1.54) is 11.8 Å². The molecule has 7 heteroatoms. The van der Waals surface area contributed by atoms with Crippen molar-refractivity contribution in [3.8, 4) is 0 Å². The Labute approximate surface area is 149 Å². The molecular weight excluding hydrogens is 328 g/mol. The van der Waals surface area contributed by atoms with Crippen LogP contribution in [0.25, 0.3) is 0 Å². The van der Waals surface area contributed by atoms with E-state index >= 15 is 0 Å². The fourth-order valence-electron chi connectivity index (χ4n) is 1.94. The third kappa shape index (κ3) is 8.57. The largest absolute Gasteiger partial charge is 0.444 e. The summed E-state index contributed by atoms with van der Waals surface area (Å²) >= 11 is 1.19. The van der Waals surface area contributed by atoms with Gasteiger partial charge >= 0.3 is 6.09 Å². The molecule has 6 nitrogen and oxygen atoms in total. The number of ether oxygens (including phenoxy) is 1. The van der Waals surface area contributed by atoms with E-state index in [4.69, 9.17) is 4.74 Å². The van der Waals surface area contributed by atoms with Crippen molar-refractivity contribution in [3.63, 3.8) is 0 Å². The zero-order valence-electron chi connectivity index (χ0n) is 16.1. The fraction of sp³-hybridized carbons (Fsp3) is 0.824. The van der Waals surface area contributed by atoms with Crippen molar-refractivity contribution >= 4 is 28.9 Å². The van der Waals surface area contributed by atoms with E-state index in [9.17, 15) is 14.4 Å². The lowest BCUT2D eigenvalue weighted by Gasteiger charge is -2.27. The molecule has 24 heavy (non-hydrogen) atoms. The number of hydrogen-bond acceptors (Lipinski definition) is 5. The standard InChI is InChI=1S/C17H32N2O4S/c1-9-24-15(21)13(11(4)5)18-14(20)12(10(2)3)19-16(22)23-17(6,7)8/h10-13H,9H2,1-8H3,(H,18,20)(H,19,22)/t12-,13-/m0/s1. The predicted octanol–water partition coefficient (Wildman–Crippen LogP) is 2.96. The van der Waals surface area contributed by atoms with Gasteiger partial charge in [0.2, 0.25) is 11.0 Å². The summed E-state index contributed by atoms with van der Waals surface area (Å²) in [6.45, 7) is 14.6. The molecule has 0 radical (unpaired) electrons. The number of carbonyl (C=O) groups is 3. The molecule has 140 valence electrons. The van der Waals surface area contributed by atoms with Crippen molar-refractivity contribution < 1.29 is 19.1 Å². The summed E-state index contributed by atoms with van der Waals surface area (Å²) in [5.74, 6) is 0.107. The lowest BCUT2D eigenvalue weighted by Crippen LogP contribution is -2.55. The molecule has 0 aromatic heterocycles. The lowest BCUT2D eigenvalue weighted by atomic mass is 10.0. The van der Waals surface area contributed by atoms with Crippen molar-refractivity contribution in [3.05, 3.63) is 0 Å². The maximum Gasteiger partial charge on any atom is 0.408 e. The van der Waals surface area contributed by atoms with Gasteiger partial charge in [-0.05, 0) is 38.4 Å². The molecule has 2 amide bonds. The summed E-state index contributed by atoms with van der Waals surface area (Å²) in [5, 5.41) is 5.30. The lowest BCUT2D eigenvalue weighted by molar-refractivity contribution is -0.127. The highest BCUT2D eigenvalue weighted by atomic mass is 32.2. The number of thioether (sulfide) groups is 1. The zero-order chi connectivity index (χ0) is 19.1. The van der Waals surface area contributed by atoms with Crippen LogP contribution in [0.15, 0.2) is 0 Å². The molecule has 0 fully saturated rings. The maximum absolute atomic E-state index is 12.6. The number of carbonyl (C=O) groups excluding carboxylic acids is 3. The van der Waals surface area contributed by atoms with Crippen molar-refractivity contribution in [1.82, 2.24) is 10.6 Å². The highest BCUT2D eigenvalue weighted by Gasteiger charge is 2.31. The van der Waals surface area contributed by atoms with Gasteiger partial charge in [0.05, 0.1) is 0 Å². The van der Waals surface area contributed by atoms with Crippen LogP contribution in [0.2, 0.25) is 0 Å². The van der Waals surface area contributed by atoms with Crippen LogP contribution in [-0.2, 0) is 14.3 Å². The minimum Gasteiger partial charge on any atom is -0.444 e. The number of hydrogen-bond donors (Lipinski definition) is 2. The first kappa shape index (κ1) is 22.8. The van der Waals surface area contributed by atoms with Gasteiger partial charge in [-0.2, -0.15) is 0 Å². The van der Waals surface area contributed by atoms with E-state index in [2.05, 4.69) is 10.6 Å². The van der Waals surface area contributed by atoms with E-state index < -0.39 is 23.8 Å². The smallest absolute Gasteiger partial charge is 0.408 e. The van der Waals surface area contributed by atoms with E-state index in [0.29, 0.717) is 5.75 Å². The van der Waals surface area contributed by atoms with E-state index in [1.54, 1.807) is 20.8 Å². The van der Waals surface area contributed by atoms with Gasteiger partial charge in [-0.3, -0.25) is 9.59 Å². The minimum absolute atomic E-state index is 0.0326. The van der Waals surface area contributed by atoms with Crippen LogP contribution in [0.3, 0.4) is 0 Å². The first-order valence-corrected chi connectivity index (χ1v) is 9.34. The van der Waals surface area contributed by atoms with E-state index in [1.807, 2.05) is 34.6 Å². The molecule has 0 aliphatic heterocycles. The van der Waals surface area contributed by atoms with Gasteiger partial charge in [0, 0.05) is 0 Å². The molecule has 0 bridgehead atoms. The van der Waals surface area contributed by atoms with Gasteiger partial charge in [-0.25, -0.2) is 4.79 Å². The Morgan fingerprint density at radius 3 is 1.83 bits per heavy atom. The highest BCUT2D eigenvalue weighted by molar-refractivity contribution is 8.13. The Bertz CT molecular complexity index is 444. The first-order valence-electron chi connectivity index (χ1n) is 8.35. The second kappa shape index (κ2) is 9.91. The third-order valence-electron chi connectivity index (χ3n) is 3.13. The Morgan fingerprint density at radius 2 is 1.46 bits per heavy atom. The molecule has 0 aliphatic carbocycles. The Balaban J connectivity index is 5.01. The van der Waals surface area contributed by atoms with Crippen LogP contribution in [0.4, 0.5) is 4.79 Å². The second-order valence-corrected chi connectivity index (χ2v) is 8.62. The van der Waals surface area contributed by atoms with E-state index in [-0.39, 0.29) is 22.9 Å². The molecule has 0 aliphatic rings. The van der Waals surface area contributed by atoms with Gasteiger partial charge < -0.3 is 15.4 Å². The van der Waals surface area contributed by atoms with Gasteiger partial charge in [-0.1, -0.05) is 46.4 Å². The van der Waals surface area contributed by atoms with Crippen molar-refractivity contribution in [2.75, 3.05) is 5.75 Å². The molecule has 0 rings (SSSR count). The molecule has 0 spiro atoms. The van der Waals surface area contributed by atoms with Crippen LogP contribution < -0.4 is 10.6 Å². The number of amides is 2. The molecule has 2 atom stereocenters. The van der Waals surface area contributed by atoms with Crippen molar-refractivity contribution in [1.29, 1.82) is 0 Å². The summed E-state index contributed by atoms with van der Waals surface area (Å²) in [5.41, 5.74) is -0.643. The Hall–Kier alpha value is -1.24. The first-order chi connectivity index (χ1) is 10.9. The molecular formula is C17H32N2O4S. The molecule has 0 saturated heterocycles. The molecule has 0 unspecified atom stereocenters. The van der Waals surface area contributed by atoms with Gasteiger partial charge in [0.25, 0.3) is 0 Å². The molecule has 0 aromatic carbocycles. The maximum atomic E-state index is 12.6. The number of alkyl carbamates (subject to hydrolysis) is 1. The summed E-state index contributed by atoms with van der Waals surface area (Å²) in [4.78, 5) is 36.7. The summed E-state index contributed by atoms with van der Waals surface area (Å²) in [7, 11) is 0. The molecule has 0 aromatic rings. The Morgan fingerprint density at radius 1 is 0.958 bits per heavy atom. The van der Waals surface area contributed by atoms with Gasteiger partial charge in [0.1, 0.15) is 17.7 Å². The average Bonchev–Trinajstić information content (AvgIpc) is 2.39. The zero-order valence-corrected chi connectivity index (χ0v) is 16.9. The van der Waals surface area contributed by atoms with Crippen molar-refractivity contribution in [2.24, 2.45) is 11.8 Å². The number of rotatable bonds is 7. The van der Waals surface area contributed by atoms with Gasteiger partial charge in [0.15, 0.2) is 0 Å². The predicted molar refractivity (Wildman–Crippen MR) is 97.9 cm³/mol. The SMILES string of the molecule is CCSC(=O)[C@@H](NC(=O)[C@@H](NC(=O)OC(C)(C)C)C(C)C)C(C)C. The third-order valence-corrected chi connectivity index (χ3v) is 3.95. The van der Waals surface area contributed by atoms with Crippen LogP contribution in [-0.4, -0.2) is 40.6 Å². The fourth-order valence-corrected chi connectivity index (χ4v) is 2.74. The molecule has 2 N–H and O–H groups in total. The quantitative estimate of drug-likeness (QED) is 0.729. The topological polar surface area (TPSA) is 84.5 Å². The number of nitrogens with one attached hydrogen (secondary N) is 2. The van der Waals surface area contributed by atoms with Crippen molar-refractivity contribution in [2.45, 2.75) is 73.1 Å². The summed E-state index contributed by atoms with van der Waals surface area (Å²) in [6, 6.07) is -1.34. The van der Waals surface area contributed by atoms with Crippen LogP contribution in [0.5, 0.6) is 0 Å². The summed E-state index contributed by atoms with van der Waals surface area (Å²) in [6.07, 6.45) is -0.647.